The summed E-state index contributed by atoms with van der Waals surface area (Å²) in [6.45, 7) is 0.576. The van der Waals surface area contributed by atoms with E-state index in [4.69, 9.17) is 16.0 Å². The van der Waals surface area contributed by atoms with Crippen molar-refractivity contribution in [1.82, 2.24) is 9.80 Å². The molecule has 176 valence electrons. The van der Waals surface area contributed by atoms with Crippen molar-refractivity contribution in [3.63, 3.8) is 0 Å². The summed E-state index contributed by atoms with van der Waals surface area (Å²) in [5.74, 6) is -3.31. The number of piperazine rings is 1. The molecule has 2 atom stereocenters. The van der Waals surface area contributed by atoms with Gasteiger partial charge in [-0.1, -0.05) is 23.7 Å². The molecule has 3 aromatic rings. The van der Waals surface area contributed by atoms with Crippen molar-refractivity contribution < 1.29 is 28.3 Å². The lowest BCUT2D eigenvalue weighted by Crippen LogP contribution is -2.57. The van der Waals surface area contributed by atoms with Crippen LogP contribution >= 0.6 is 11.6 Å². The van der Waals surface area contributed by atoms with Crippen molar-refractivity contribution in [2.24, 2.45) is 0 Å². The van der Waals surface area contributed by atoms with E-state index >= 15 is 0 Å². The molecular formula is C24H20ClFN2O6. The average Bonchev–Trinajstić information content (AvgIpc) is 2.79. The molecule has 10 heteroatoms. The molecular weight excluding hydrogens is 467 g/mol. The molecule has 2 aromatic carbocycles. The fourth-order valence-corrected chi connectivity index (χ4v) is 4.39. The summed E-state index contributed by atoms with van der Waals surface area (Å²) in [4.78, 5) is 51.7. The first kappa shape index (κ1) is 23.6. The number of hydrogen-bond acceptors (Lipinski definition) is 6. The molecule has 34 heavy (non-hydrogen) atoms. The van der Waals surface area contributed by atoms with Crippen LogP contribution in [0.25, 0.3) is 22.1 Å². The SMILES string of the molecule is CN1CCN(C(=O)C(C=O)c2ccc3c(-c4ccc(F)cc4Cl)cc(=O)oc3c2)CC1C(=O)O. The van der Waals surface area contributed by atoms with Gasteiger partial charge in [-0.15, -0.1) is 0 Å². The lowest BCUT2D eigenvalue weighted by Gasteiger charge is -2.38. The Bertz CT molecular complexity index is 1360. The highest BCUT2D eigenvalue weighted by Gasteiger charge is 2.35. The summed E-state index contributed by atoms with van der Waals surface area (Å²) < 4.78 is 18.8. The topological polar surface area (TPSA) is 108 Å². The maximum atomic E-state index is 13.5. The Kier molecular flexibility index (Phi) is 6.49. The van der Waals surface area contributed by atoms with Gasteiger partial charge in [-0.25, -0.2) is 9.18 Å². The van der Waals surface area contributed by atoms with Gasteiger partial charge in [0.15, 0.2) is 0 Å². The minimum atomic E-state index is -1.20. The number of likely N-dealkylation sites (N-methyl/N-ethyl adjacent to an activating group) is 1. The molecule has 1 N–H and O–H groups in total. The zero-order valence-electron chi connectivity index (χ0n) is 18.0. The predicted octanol–water partition coefficient (Wildman–Crippen LogP) is 2.76. The number of aldehydes is 1. The zero-order valence-corrected chi connectivity index (χ0v) is 18.8. The number of benzene rings is 2. The van der Waals surface area contributed by atoms with Gasteiger partial charge >= 0.3 is 11.6 Å². The van der Waals surface area contributed by atoms with E-state index in [1.807, 2.05) is 0 Å². The number of aliphatic carboxylic acids is 1. The minimum Gasteiger partial charge on any atom is -0.480 e. The Morgan fingerprint density at radius 2 is 1.94 bits per heavy atom. The van der Waals surface area contributed by atoms with Gasteiger partial charge in [-0.3, -0.25) is 14.5 Å². The highest BCUT2D eigenvalue weighted by molar-refractivity contribution is 6.33. The molecule has 0 bridgehead atoms. The molecule has 2 unspecified atom stereocenters. The lowest BCUT2D eigenvalue weighted by atomic mass is 9.95. The predicted molar refractivity (Wildman–Crippen MR) is 122 cm³/mol. The van der Waals surface area contributed by atoms with E-state index in [9.17, 15) is 28.7 Å². The molecule has 1 aromatic heterocycles. The van der Waals surface area contributed by atoms with Crippen LogP contribution in [0.15, 0.2) is 51.7 Å². The Balaban J connectivity index is 1.72. The maximum Gasteiger partial charge on any atom is 0.336 e. The number of amides is 1. The fraction of sp³-hybridized carbons (Fsp3) is 0.250. The molecule has 1 aliphatic rings. The monoisotopic (exact) mass is 486 g/mol. The van der Waals surface area contributed by atoms with Crippen LogP contribution in [0.4, 0.5) is 4.39 Å². The third kappa shape index (κ3) is 4.44. The van der Waals surface area contributed by atoms with Crippen molar-refractivity contribution >= 4 is 40.7 Å². The van der Waals surface area contributed by atoms with Crippen molar-refractivity contribution in [1.29, 1.82) is 0 Å². The van der Waals surface area contributed by atoms with Crippen LogP contribution < -0.4 is 5.63 Å². The van der Waals surface area contributed by atoms with Gasteiger partial charge < -0.3 is 19.2 Å². The normalized spacial score (nSPS) is 17.5. The van der Waals surface area contributed by atoms with Crippen LogP contribution in [0.1, 0.15) is 11.5 Å². The number of nitrogens with zero attached hydrogens (tertiary/aromatic N) is 2. The number of halogens is 2. The van der Waals surface area contributed by atoms with Crippen molar-refractivity contribution in [3.8, 4) is 11.1 Å². The number of fused-ring (bicyclic) bond motifs is 1. The van der Waals surface area contributed by atoms with Gasteiger partial charge in [0.25, 0.3) is 0 Å². The Labute approximate surface area is 198 Å². The van der Waals surface area contributed by atoms with Crippen LogP contribution in [-0.4, -0.2) is 65.8 Å². The van der Waals surface area contributed by atoms with Gasteiger partial charge in [-0.2, -0.15) is 0 Å². The first-order valence-corrected chi connectivity index (χ1v) is 10.8. The quantitative estimate of drug-likeness (QED) is 0.335. The third-order valence-electron chi connectivity index (χ3n) is 6.00. The summed E-state index contributed by atoms with van der Waals surface area (Å²) in [5.41, 5.74) is 0.581. The molecule has 0 saturated carbocycles. The molecule has 8 nitrogen and oxygen atoms in total. The molecule has 0 aliphatic carbocycles. The number of rotatable bonds is 5. The number of carbonyl (C=O) groups is 3. The first-order chi connectivity index (χ1) is 16.2. The van der Waals surface area contributed by atoms with Gasteiger partial charge in [0, 0.05) is 42.2 Å². The number of carboxylic acid groups (broad SMARTS) is 1. The fourth-order valence-electron chi connectivity index (χ4n) is 4.12. The Hall–Kier alpha value is -3.56. The van der Waals surface area contributed by atoms with Crippen molar-refractivity contribution in [3.05, 3.63) is 69.3 Å². The highest BCUT2D eigenvalue weighted by atomic mass is 35.5. The summed E-state index contributed by atoms with van der Waals surface area (Å²) in [7, 11) is 1.66. The standard InChI is InChI=1S/C24H20ClFN2O6/c1-27-6-7-28(11-20(27)24(32)33)23(31)18(12-29)13-2-4-16-17(10-22(30)34-21(16)8-13)15-5-3-14(26)9-19(15)25/h2-5,8-10,12,18,20H,6-7,11H2,1H3,(H,32,33). The number of carbonyl (C=O) groups excluding carboxylic acids is 2. The molecule has 1 saturated heterocycles. The van der Waals surface area contributed by atoms with Crippen LogP contribution in [0.3, 0.4) is 0 Å². The molecule has 2 heterocycles. The summed E-state index contributed by atoms with van der Waals surface area (Å²) in [5, 5.41) is 10.00. The van der Waals surface area contributed by atoms with Crippen LogP contribution in [-0.2, 0) is 14.4 Å². The third-order valence-corrected chi connectivity index (χ3v) is 6.31. The van der Waals surface area contributed by atoms with E-state index in [1.54, 1.807) is 24.1 Å². The molecule has 1 amide bonds. The van der Waals surface area contributed by atoms with Gasteiger partial charge in [0.2, 0.25) is 5.91 Å². The largest absolute Gasteiger partial charge is 0.480 e. The Morgan fingerprint density at radius 3 is 2.62 bits per heavy atom. The average molecular weight is 487 g/mol. The van der Waals surface area contributed by atoms with Crippen molar-refractivity contribution in [2.45, 2.75) is 12.0 Å². The molecule has 0 spiro atoms. The number of carboxylic acids is 1. The first-order valence-electron chi connectivity index (χ1n) is 10.4. The maximum absolute atomic E-state index is 13.5. The van der Waals surface area contributed by atoms with Crippen LogP contribution in [0.5, 0.6) is 0 Å². The number of hydrogen-bond donors (Lipinski definition) is 1. The highest BCUT2D eigenvalue weighted by Crippen LogP contribution is 2.34. The molecule has 1 fully saturated rings. The molecule has 1 aliphatic heterocycles. The van der Waals surface area contributed by atoms with E-state index in [0.29, 0.717) is 34.9 Å². The van der Waals surface area contributed by atoms with Gasteiger partial charge in [-0.05, 0) is 36.9 Å². The van der Waals surface area contributed by atoms with Gasteiger partial charge in [0.1, 0.15) is 29.6 Å². The Morgan fingerprint density at radius 1 is 1.18 bits per heavy atom. The smallest absolute Gasteiger partial charge is 0.336 e. The minimum absolute atomic E-state index is 0.0507. The molecule has 4 rings (SSSR count). The second kappa shape index (κ2) is 9.36. The van der Waals surface area contributed by atoms with Gasteiger partial charge in [0.05, 0.1) is 5.02 Å². The van der Waals surface area contributed by atoms with E-state index in [-0.39, 0.29) is 23.7 Å². The summed E-state index contributed by atoms with van der Waals surface area (Å²) in [6.07, 6.45) is 0.483. The van der Waals surface area contributed by atoms with E-state index in [0.717, 1.165) is 6.07 Å². The summed E-state index contributed by atoms with van der Waals surface area (Å²) >= 11 is 6.18. The lowest BCUT2D eigenvalue weighted by molar-refractivity contribution is -0.148. The van der Waals surface area contributed by atoms with Crippen LogP contribution in [0, 0.1) is 5.82 Å². The second-order valence-electron chi connectivity index (χ2n) is 8.09. The van der Waals surface area contributed by atoms with E-state index < -0.39 is 35.3 Å². The van der Waals surface area contributed by atoms with E-state index in [2.05, 4.69) is 0 Å². The van der Waals surface area contributed by atoms with Crippen molar-refractivity contribution in [2.75, 3.05) is 26.7 Å². The van der Waals surface area contributed by atoms with Crippen LogP contribution in [0.2, 0.25) is 5.02 Å². The summed E-state index contributed by atoms with van der Waals surface area (Å²) in [6, 6.07) is 8.75. The zero-order chi connectivity index (χ0) is 24.6. The second-order valence-corrected chi connectivity index (χ2v) is 8.50. The molecule has 0 radical (unpaired) electrons. The van der Waals surface area contributed by atoms with E-state index in [1.165, 1.54) is 29.2 Å².